The van der Waals surface area contributed by atoms with Gasteiger partial charge in [-0.25, -0.2) is 14.4 Å². The van der Waals surface area contributed by atoms with Gasteiger partial charge in [0.2, 0.25) is 0 Å². The van der Waals surface area contributed by atoms with Crippen LogP contribution in [0.3, 0.4) is 0 Å². The summed E-state index contributed by atoms with van der Waals surface area (Å²) in [5.41, 5.74) is 0.840. The number of hydrogen-bond acceptors (Lipinski definition) is 7. The molecular weight excluding hydrogens is 435 g/mol. The third-order valence-corrected chi connectivity index (χ3v) is 5.69. The number of rotatable bonds is 8. The molecule has 1 saturated heterocycles. The number of nitrogens with zero attached hydrogens (tertiary/aromatic N) is 3. The van der Waals surface area contributed by atoms with Gasteiger partial charge in [-0.05, 0) is 50.2 Å². The van der Waals surface area contributed by atoms with Crippen molar-refractivity contribution in [2.75, 3.05) is 38.7 Å². The fourth-order valence-electron chi connectivity index (χ4n) is 3.83. The first-order chi connectivity index (χ1) is 15.5. The van der Waals surface area contributed by atoms with Gasteiger partial charge in [0.25, 0.3) is 0 Å². The summed E-state index contributed by atoms with van der Waals surface area (Å²) in [5.74, 6) is 0.877. The molecule has 32 heavy (non-hydrogen) atoms. The van der Waals surface area contributed by atoms with Crippen molar-refractivity contribution in [3.05, 3.63) is 47.5 Å². The maximum atomic E-state index is 14.2. The normalized spacial score (nSPS) is 15.5. The van der Waals surface area contributed by atoms with Gasteiger partial charge in [0.15, 0.2) is 11.5 Å². The predicted molar refractivity (Wildman–Crippen MR) is 123 cm³/mol. The number of nitrogens with one attached hydrogen (secondary N) is 1. The average Bonchev–Trinajstić information content (AvgIpc) is 2.79. The summed E-state index contributed by atoms with van der Waals surface area (Å²) in [5, 5.41) is 14.3. The topological polar surface area (TPSA) is 79.7 Å². The highest BCUT2D eigenvalue weighted by molar-refractivity contribution is 6.30. The molecule has 1 aromatic heterocycles. The maximum Gasteiger partial charge on any atom is 0.163 e. The van der Waals surface area contributed by atoms with Gasteiger partial charge in [-0.15, -0.1) is 0 Å². The van der Waals surface area contributed by atoms with Crippen LogP contribution in [-0.2, 0) is 0 Å². The average molecular weight is 461 g/mol. The molecule has 2 N–H and O–H groups in total. The van der Waals surface area contributed by atoms with E-state index in [4.69, 9.17) is 21.1 Å². The minimum atomic E-state index is -0.607. The van der Waals surface area contributed by atoms with Crippen molar-refractivity contribution in [2.24, 2.45) is 0 Å². The van der Waals surface area contributed by atoms with Crippen molar-refractivity contribution in [2.45, 2.75) is 25.4 Å². The number of aliphatic hydroxyl groups is 1. The van der Waals surface area contributed by atoms with Crippen molar-refractivity contribution in [3.63, 3.8) is 0 Å². The highest BCUT2D eigenvalue weighted by atomic mass is 35.5. The first-order valence-electron chi connectivity index (χ1n) is 10.6. The van der Waals surface area contributed by atoms with Crippen LogP contribution in [0.15, 0.2) is 36.7 Å². The fourth-order valence-corrected chi connectivity index (χ4v) is 3.99. The number of benzene rings is 2. The Labute approximate surface area is 191 Å². The summed E-state index contributed by atoms with van der Waals surface area (Å²) < 4.78 is 25.6. The number of hydrogen-bond donors (Lipinski definition) is 2. The molecule has 3 aromatic rings. The molecular formula is C23H26ClFN4O3. The summed E-state index contributed by atoms with van der Waals surface area (Å²) in [6.07, 6.45) is 4.37. The largest absolute Gasteiger partial charge is 0.493 e. The third-order valence-electron chi connectivity index (χ3n) is 5.45. The van der Waals surface area contributed by atoms with Gasteiger partial charge in [0, 0.05) is 23.0 Å². The van der Waals surface area contributed by atoms with Crippen LogP contribution in [0.4, 0.5) is 15.9 Å². The van der Waals surface area contributed by atoms with Crippen LogP contribution in [0, 0.1) is 5.82 Å². The number of methoxy groups -OCH3 is 1. The molecule has 0 radical (unpaired) electrons. The molecule has 1 aliphatic heterocycles. The Morgan fingerprint density at radius 2 is 1.97 bits per heavy atom. The van der Waals surface area contributed by atoms with Crippen LogP contribution in [0.5, 0.6) is 11.5 Å². The van der Waals surface area contributed by atoms with Gasteiger partial charge in [-0.2, -0.15) is 0 Å². The van der Waals surface area contributed by atoms with Gasteiger partial charge in [-0.3, -0.25) is 0 Å². The fraction of sp³-hybridized carbons (Fsp3) is 0.391. The zero-order chi connectivity index (χ0) is 22.5. The monoisotopic (exact) mass is 460 g/mol. The van der Waals surface area contributed by atoms with Crippen molar-refractivity contribution in [1.29, 1.82) is 0 Å². The summed E-state index contributed by atoms with van der Waals surface area (Å²) in [4.78, 5) is 10.8. The van der Waals surface area contributed by atoms with E-state index in [0.717, 1.165) is 13.1 Å². The number of halogens is 2. The van der Waals surface area contributed by atoms with E-state index in [1.54, 1.807) is 24.3 Å². The summed E-state index contributed by atoms with van der Waals surface area (Å²) >= 11 is 5.83. The van der Waals surface area contributed by atoms with Crippen molar-refractivity contribution in [1.82, 2.24) is 14.9 Å². The van der Waals surface area contributed by atoms with Gasteiger partial charge in [-0.1, -0.05) is 18.0 Å². The SMILES string of the molecule is COc1cc2c(Nc3ccc(Cl)cc3F)ncnc2cc1OCC(O)CN1CCCCC1. The molecule has 170 valence electrons. The molecule has 9 heteroatoms. The van der Waals surface area contributed by atoms with Crippen LogP contribution in [0.2, 0.25) is 5.02 Å². The predicted octanol–water partition coefficient (Wildman–Crippen LogP) is 4.40. The highest BCUT2D eigenvalue weighted by Gasteiger charge is 2.17. The molecule has 1 aliphatic rings. The lowest BCUT2D eigenvalue weighted by atomic mass is 10.1. The van der Waals surface area contributed by atoms with Gasteiger partial charge >= 0.3 is 0 Å². The van der Waals surface area contributed by atoms with E-state index in [-0.39, 0.29) is 12.3 Å². The second-order valence-corrected chi connectivity index (χ2v) is 8.25. The van der Waals surface area contributed by atoms with E-state index in [1.165, 1.54) is 38.8 Å². The number of ether oxygens (including phenoxy) is 2. The molecule has 2 heterocycles. The second-order valence-electron chi connectivity index (χ2n) is 7.82. The number of fused-ring (bicyclic) bond motifs is 1. The van der Waals surface area contributed by atoms with Crippen LogP contribution >= 0.6 is 11.6 Å². The van der Waals surface area contributed by atoms with Gasteiger partial charge in [0.05, 0.1) is 18.3 Å². The molecule has 1 fully saturated rings. The Hall–Kier alpha value is -2.68. The van der Waals surface area contributed by atoms with Gasteiger partial charge in [0.1, 0.15) is 30.7 Å². The lowest BCUT2D eigenvalue weighted by Crippen LogP contribution is -2.38. The molecule has 0 spiro atoms. The molecule has 0 bridgehead atoms. The first-order valence-corrected chi connectivity index (χ1v) is 11.0. The van der Waals surface area contributed by atoms with E-state index in [9.17, 15) is 9.50 Å². The highest BCUT2D eigenvalue weighted by Crippen LogP contribution is 2.35. The first kappa shape index (κ1) is 22.5. The lowest BCUT2D eigenvalue weighted by Gasteiger charge is -2.28. The van der Waals surface area contributed by atoms with E-state index in [0.29, 0.717) is 39.8 Å². The number of likely N-dealkylation sites (tertiary alicyclic amines) is 1. The van der Waals surface area contributed by atoms with Crippen molar-refractivity contribution < 1.29 is 19.0 Å². The number of β-amino-alcohol motifs (C(OH)–C–C–N with tert-alkyl or cyclic N) is 1. The maximum absolute atomic E-state index is 14.2. The van der Waals surface area contributed by atoms with Crippen LogP contribution in [0.25, 0.3) is 10.9 Å². The molecule has 0 aliphatic carbocycles. The Bertz CT molecular complexity index is 1080. The van der Waals surface area contributed by atoms with E-state index < -0.39 is 11.9 Å². The van der Waals surface area contributed by atoms with Gasteiger partial charge < -0.3 is 24.8 Å². The molecule has 1 unspecified atom stereocenters. The molecule has 1 atom stereocenters. The number of anilines is 2. The smallest absolute Gasteiger partial charge is 0.163 e. The number of aromatic nitrogens is 2. The Morgan fingerprint density at radius 1 is 1.16 bits per heavy atom. The van der Waals surface area contributed by atoms with E-state index in [2.05, 4.69) is 20.2 Å². The van der Waals surface area contributed by atoms with Crippen LogP contribution < -0.4 is 14.8 Å². The standard InChI is InChI=1S/C23H26ClFN4O3/c1-31-21-10-17-20(11-22(21)32-13-16(30)12-29-7-3-2-4-8-29)26-14-27-23(17)28-19-6-5-15(24)9-18(19)25/h5-6,9-11,14,16,30H,2-4,7-8,12-13H2,1H3,(H,26,27,28). The number of aliphatic hydroxyl groups excluding tert-OH is 1. The Kier molecular flexibility index (Phi) is 7.24. The van der Waals surface area contributed by atoms with E-state index in [1.807, 2.05) is 0 Å². The quantitative estimate of drug-likeness (QED) is 0.515. The molecule has 2 aromatic carbocycles. The van der Waals surface area contributed by atoms with Crippen molar-refractivity contribution in [3.8, 4) is 11.5 Å². The summed E-state index contributed by atoms with van der Waals surface area (Å²) in [6, 6.07) is 7.84. The summed E-state index contributed by atoms with van der Waals surface area (Å²) in [7, 11) is 1.54. The van der Waals surface area contributed by atoms with Crippen LogP contribution in [-0.4, -0.2) is 59.4 Å². The molecule has 0 amide bonds. The number of piperidine rings is 1. The lowest BCUT2D eigenvalue weighted by molar-refractivity contribution is 0.0609. The molecule has 0 saturated carbocycles. The Morgan fingerprint density at radius 3 is 2.72 bits per heavy atom. The van der Waals surface area contributed by atoms with Crippen molar-refractivity contribution >= 4 is 34.0 Å². The zero-order valence-corrected chi connectivity index (χ0v) is 18.6. The molecule has 7 nitrogen and oxygen atoms in total. The second kappa shape index (κ2) is 10.3. The minimum Gasteiger partial charge on any atom is -0.493 e. The van der Waals surface area contributed by atoms with E-state index >= 15 is 0 Å². The minimum absolute atomic E-state index is 0.143. The third kappa shape index (κ3) is 5.38. The zero-order valence-electron chi connectivity index (χ0n) is 17.9. The van der Waals surface area contributed by atoms with Crippen LogP contribution in [0.1, 0.15) is 19.3 Å². The Balaban J connectivity index is 1.52. The molecule has 4 rings (SSSR count). The summed E-state index contributed by atoms with van der Waals surface area (Å²) in [6.45, 7) is 2.75.